The number of carboxylic acids is 1. The van der Waals surface area contributed by atoms with Crippen LogP contribution in [0.2, 0.25) is 0 Å². The fraction of sp³-hybridized carbons (Fsp3) is 0.211. The molecule has 0 radical (unpaired) electrons. The minimum Gasteiger partial charge on any atom is -0.486 e. The van der Waals surface area contributed by atoms with Crippen molar-refractivity contribution in [3.8, 4) is 5.75 Å². The Labute approximate surface area is 161 Å². The van der Waals surface area contributed by atoms with Crippen LogP contribution in [0.15, 0.2) is 35.1 Å². The van der Waals surface area contributed by atoms with E-state index in [1.165, 1.54) is 18.5 Å². The minimum absolute atomic E-state index is 0.0357. The van der Waals surface area contributed by atoms with Crippen LogP contribution < -0.4 is 10.3 Å². The molecule has 0 amide bonds. The van der Waals surface area contributed by atoms with Crippen molar-refractivity contribution in [2.24, 2.45) is 7.05 Å². The summed E-state index contributed by atoms with van der Waals surface area (Å²) in [6, 6.07) is 4.55. The van der Waals surface area contributed by atoms with Crippen LogP contribution in [0.4, 0.5) is 17.6 Å². The second kappa shape index (κ2) is 7.19. The summed E-state index contributed by atoms with van der Waals surface area (Å²) in [6.07, 6.45) is -4.75. The van der Waals surface area contributed by atoms with E-state index in [-0.39, 0.29) is 27.9 Å². The molecule has 0 spiro atoms. The number of halogens is 4. The van der Waals surface area contributed by atoms with E-state index >= 15 is 0 Å². The van der Waals surface area contributed by atoms with E-state index in [4.69, 9.17) is 9.84 Å². The second-order valence-corrected chi connectivity index (χ2v) is 6.29. The lowest BCUT2D eigenvalue weighted by atomic mass is 10.0. The SMILES string of the molecule is Cc1nc2cc(C(F)(F)F)c(COc3ccc(C(=O)O)cc3F)cc2c(=O)n1C. The predicted molar refractivity (Wildman–Crippen MR) is 94.4 cm³/mol. The number of benzene rings is 2. The van der Waals surface area contributed by atoms with Crippen molar-refractivity contribution in [3.05, 3.63) is 69.0 Å². The Morgan fingerprint density at radius 1 is 1.24 bits per heavy atom. The standard InChI is InChI=1S/C19H14F4N2O4/c1-9-24-15-7-13(19(21,22)23)11(5-12(15)17(26)25(9)2)8-29-16-4-3-10(18(27)28)6-14(16)20/h3-7H,8H2,1-2H3,(H,27,28). The van der Waals surface area contributed by atoms with Gasteiger partial charge in [0.1, 0.15) is 12.4 Å². The van der Waals surface area contributed by atoms with Crippen molar-refractivity contribution in [3.63, 3.8) is 0 Å². The molecule has 6 nitrogen and oxygen atoms in total. The molecule has 0 atom stereocenters. The molecule has 0 saturated heterocycles. The molecule has 3 rings (SSSR count). The number of rotatable bonds is 4. The molecule has 0 saturated carbocycles. The summed E-state index contributed by atoms with van der Waals surface area (Å²) < 4.78 is 60.8. The highest BCUT2D eigenvalue weighted by Gasteiger charge is 2.34. The Hall–Kier alpha value is -3.43. The molecule has 0 aliphatic carbocycles. The highest BCUT2D eigenvalue weighted by atomic mass is 19.4. The van der Waals surface area contributed by atoms with E-state index in [2.05, 4.69) is 4.98 Å². The Kier molecular flexibility index (Phi) is 5.04. The van der Waals surface area contributed by atoms with Crippen LogP contribution in [0.25, 0.3) is 10.9 Å². The van der Waals surface area contributed by atoms with Gasteiger partial charge in [-0.25, -0.2) is 14.2 Å². The van der Waals surface area contributed by atoms with Crippen molar-refractivity contribution in [1.29, 1.82) is 0 Å². The third-order valence-corrected chi connectivity index (χ3v) is 4.39. The molecule has 29 heavy (non-hydrogen) atoms. The number of carboxylic acid groups (broad SMARTS) is 1. The highest BCUT2D eigenvalue weighted by Crippen LogP contribution is 2.34. The summed E-state index contributed by atoms with van der Waals surface area (Å²) >= 11 is 0. The number of aryl methyl sites for hydroxylation is 1. The van der Waals surface area contributed by atoms with Gasteiger partial charge in [0.2, 0.25) is 0 Å². The van der Waals surface area contributed by atoms with Gasteiger partial charge in [-0.2, -0.15) is 13.2 Å². The predicted octanol–water partition coefficient (Wildman–Crippen LogP) is 3.68. The number of ether oxygens (including phenoxy) is 1. The zero-order chi connectivity index (χ0) is 21.5. The fourth-order valence-corrected chi connectivity index (χ4v) is 2.76. The highest BCUT2D eigenvalue weighted by molar-refractivity contribution is 5.87. The first kappa shape index (κ1) is 20.3. The van der Waals surface area contributed by atoms with Gasteiger partial charge in [-0.15, -0.1) is 0 Å². The normalized spacial score (nSPS) is 11.7. The van der Waals surface area contributed by atoms with E-state index in [1.54, 1.807) is 0 Å². The zero-order valence-electron chi connectivity index (χ0n) is 15.2. The largest absolute Gasteiger partial charge is 0.486 e. The topological polar surface area (TPSA) is 81.4 Å². The van der Waals surface area contributed by atoms with Crippen LogP contribution in [0.3, 0.4) is 0 Å². The van der Waals surface area contributed by atoms with Crippen molar-refractivity contribution >= 4 is 16.9 Å². The quantitative estimate of drug-likeness (QED) is 0.664. The number of carbonyl (C=O) groups is 1. The zero-order valence-corrected chi connectivity index (χ0v) is 15.2. The Balaban J connectivity index is 2.06. The molecule has 10 heteroatoms. The number of aromatic carboxylic acids is 1. The minimum atomic E-state index is -4.75. The summed E-state index contributed by atoms with van der Waals surface area (Å²) in [5.74, 6) is -2.56. The Morgan fingerprint density at radius 2 is 1.93 bits per heavy atom. The number of fused-ring (bicyclic) bond motifs is 1. The van der Waals surface area contributed by atoms with Gasteiger partial charge in [-0.1, -0.05) is 0 Å². The summed E-state index contributed by atoms with van der Waals surface area (Å²) in [5, 5.41) is 8.80. The molecule has 0 aliphatic heterocycles. The summed E-state index contributed by atoms with van der Waals surface area (Å²) in [6.45, 7) is 0.805. The van der Waals surface area contributed by atoms with Gasteiger partial charge in [-0.05, 0) is 37.3 Å². The maximum absolute atomic E-state index is 14.0. The maximum atomic E-state index is 14.0. The first-order chi connectivity index (χ1) is 13.5. The maximum Gasteiger partial charge on any atom is 0.416 e. The number of hydrogen-bond acceptors (Lipinski definition) is 4. The van der Waals surface area contributed by atoms with Crippen LogP contribution >= 0.6 is 0 Å². The molecule has 1 N–H and O–H groups in total. The lowest BCUT2D eigenvalue weighted by Crippen LogP contribution is -2.22. The molecule has 1 heterocycles. The molecule has 152 valence electrons. The van der Waals surface area contributed by atoms with Crippen LogP contribution in [0.1, 0.15) is 27.3 Å². The first-order valence-corrected chi connectivity index (χ1v) is 8.22. The van der Waals surface area contributed by atoms with Crippen LogP contribution in [-0.4, -0.2) is 20.6 Å². The van der Waals surface area contributed by atoms with Crippen molar-refractivity contribution in [2.75, 3.05) is 0 Å². The van der Waals surface area contributed by atoms with E-state index in [1.807, 2.05) is 0 Å². The molecule has 0 fully saturated rings. The summed E-state index contributed by atoms with van der Waals surface area (Å²) in [4.78, 5) is 27.2. The molecule has 0 bridgehead atoms. The van der Waals surface area contributed by atoms with Gasteiger partial charge < -0.3 is 9.84 Å². The number of aromatic nitrogens is 2. The molecule has 0 unspecified atom stereocenters. The third-order valence-electron chi connectivity index (χ3n) is 4.39. The number of nitrogens with zero attached hydrogens (tertiary/aromatic N) is 2. The smallest absolute Gasteiger partial charge is 0.416 e. The van der Waals surface area contributed by atoms with Gasteiger partial charge in [0.25, 0.3) is 5.56 Å². The molecule has 3 aromatic rings. The molecule has 0 aliphatic rings. The van der Waals surface area contributed by atoms with E-state index < -0.39 is 41.4 Å². The van der Waals surface area contributed by atoms with E-state index in [0.29, 0.717) is 6.07 Å². The lowest BCUT2D eigenvalue weighted by molar-refractivity contribution is -0.138. The summed E-state index contributed by atoms with van der Waals surface area (Å²) in [5.41, 5.74) is -2.42. The van der Waals surface area contributed by atoms with E-state index in [9.17, 15) is 27.2 Å². The summed E-state index contributed by atoms with van der Waals surface area (Å²) in [7, 11) is 1.44. The van der Waals surface area contributed by atoms with Gasteiger partial charge in [0.05, 0.1) is 22.0 Å². The van der Waals surface area contributed by atoms with Gasteiger partial charge in [-0.3, -0.25) is 9.36 Å². The average Bonchev–Trinajstić information content (AvgIpc) is 2.64. The van der Waals surface area contributed by atoms with Gasteiger partial charge >= 0.3 is 12.1 Å². The van der Waals surface area contributed by atoms with E-state index in [0.717, 1.165) is 24.3 Å². The van der Waals surface area contributed by atoms with Crippen molar-refractivity contribution in [2.45, 2.75) is 19.7 Å². The molecule has 1 aromatic heterocycles. The Bertz CT molecular complexity index is 1190. The van der Waals surface area contributed by atoms with Crippen LogP contribution in [-0.2, 0) is 19.8 Å². The molecular weight excluding hydrogens is 396 g/mol. The van der Waals surface area contributed by atoms with Crippen molar-refractivity contribution in [1.82, 2.24) is 9.55 Å². The third kappa shape index (κ3) is 3.91. The van der Waals surface area contributed by atoms with Crippen molar-refractivity contribution < 1.29 is 32.2 Å². The van der Waals surface area contributed by atoms with Gasteiger partial charge in [0, 0.05) is 12.6 Å². The second-order valence-electron chi connectivity index (χ2n) is 6.29. The van der Waals surface area contributed by atoms with Gasteiger partial charge in [0.15, 0.2) is 11.6 Å². The monoisotopic (exact) mass is 410 g/mol. The molecular formula is C19H14F4N2O4. The molecule has 2 aromatic carbocycles. The average molecular weight is 410 g/mol. The lowest BCUT2D eigenvalue weighted by Gasteiger charge is -2.16. The van der Waals surface area contributed by atoms with Crippen LogP contribution in [0.5, 0.6) is 5.75 Å². The first-order valence-electron chi connectivity index (χ1n) is 8.22. The number of hydrogen-bond donors (Lipinski definition) is 1. The Morgan fingerprint density at radius 3 is 2.52 bits per heavy atom. The number of alkyl halides is 3. The fourth-order valence-electron chi connectivity index (χ4n) is 2.76. The van der Waals surface area contributed by atoms with Crippen LogP contribution in [0, 0.1) is 12.7 Å².